The van der Waals surface area contributed by atoms with Crippen LogP contribution >= 0.6 is 0 Å². The molecule has 1 spiro atoms. The summed E-state index contributed by atoms with van der Waals surface area (Å²) in [6.07, 6.45) is 6.84. The van der Waals surface area contributed by atoms with Crippen LogP contribution in [0.15, 0.2) is 42.1 Å². The number of fused-ring (bicyclic) bond motifs is 3. The molecule has 0 unspecified atom stereocenters. The monoisotopic (exact) mass is 867 g/mol. The minimum Gasteiger partial charge on any atom is -0.446 e. The Kier molecular flexibility index (Phi) is 13.0. The van der Waals surface area contributed by atoms with Gasteiger partial charge in [-0.05, 0) is 63.1 Å². The molecule has 2 saturated carbocycles. The van der Waals surface area contributed by atoms with Crippen molar-refractivity contribution in [3.05, 3.63) is 54.3 Å². The van der Waals surface area contributed by atoms with Crippen molar-refractivity contribution in [3.8, 4) is 0 Å². The summed E-state index contributed by atoms with van der Waals surface area (Å²) in [4.78, 5) is 82.8. The van der Waals surface area contributed by atoms with Crippen LogP contribution in [0.25, 0.3) is 0 Å². The molecule has 7 rings (SSSR count). The molecule has 3 aliphatic heterocycles. The number of hydrogen-bond acceptors (Lipinski definition) is 13. The predicted octanol–water partition coefficient (Wildman–Crippen LogP) is 3.47. The standard InChI is InChI=1S/C41H54FN9O9S/c1-4-25-20-41(25)38(54)48-61(57,58)34-18-26(42)15-16-30(34)43-17-11-7-5-6-8-14-31(46-39(55)59-27-12-9-10-13-27)37(53)51-21-28(19-33(51)36(52)47-41)60-40(56)50-22-29-32(23-50)44-24-45-35(29)49(2)3/h4,15-16,18,24-25,27-28,31,33,43H,1,5-14,17,19-23H2,2-3H3,(H,46,55)(H,47,52)(H,48,54)/t25-,28-,31+,33+,41-/m1/s1. The Morgan fingerprint density at radius 2 is 1.74 bits per heavy atom. The van der Waals surface area contributed by atoms with Gasteiger partial charge in [0.25, 0.3) is 15.9 Å². The van der Waals surface area contributed by atoms with Crippen molar-refractivity contribution in [1.29, 1.82) is 0 Å². The van der Waals surface area contributed by atoms with Crippen molar-refractivity contribution in [2.75, 3.05) is 37.4 Å². The second-order valence-corrected chi connectivity index (χ2v) is 18.3. The number of nitrogens with one attached hydrogen (secondary N) is 4. The van der Waals surface area contributed by atoms with Crippen molar-refractivity contribution in [1.82, 2.24) is 35.1 Å². The number of ether oxygens (including phenoxy) is 2. The van der Waals surface area contributed by atoms with Crippen molar-refractivity contribution in [3.63, 3.8) is 0 Å². The van der Waals surface area contributed by atoms with E-state index in [9.17, 15) is 36.8 Å². The maximum absolute atomic E-state index is 14.6. The Hall–Kier alpha value is -5.53. The number of rotatable bonds is 5. The zero-order valence-electron chi connectivity index (χ0n) is 34.5. The Morgan fingerprint density at radius 1 is 1.00 bits per heavy atom. The van der Waals surface area contributed by atoms with E-state index in [4.69, 9.17) is 9.47 Å². The first-order chi connectivity index (χ1) is 29.2. The molecule has 5 amide bonds. The Morgan fingerprint density at radius 3 is 2.48 bits per heavy atom. The Balaban J connectivity index is 1.16. The summed E-state index contributed by atoms with van der Waals surface area (Å²) in [7, 11) is -1.01. The van der Waals surface area contributed by atoms with E-state index in [1.165, 1.54) is 28.3 Å². The number of hydrogen-bond donors (Lipinski definition) is 4. The first-order valence-corrected chi connectivity index (χ1v) is 22.5. The molecule has 5 aliphatic rings. The van der Waals surface area contributed by atoms with Crippen LogP contribution in [0.1, 0.15) is 88.3 Å². The number of aromatic nitrogens is 2. The average molecular weight is 868 g/mol. The lowest BCUT2D eigenvalue weighted by molar-refractivity contribution is -0.141. The summed E-state index contributed by atoms with van der Waals surface area (Å²) in [5.74, 6) is -3.34. The van der Waals surface area contributed by atoms with Gasteiger partial charge in [0.05, 0.1) is 31.0 Å². The summed E-state index contributed by atoms with van der Waals surface area (Å²) < 4.78 is 55.6. The summed E-state index contributed by atoms with van der Waals surface area (Å²) in [6, 6.07) is 0.826. The van der Waals surface area contributed by atoms with E-state index in [1.807, 2.05) is 23.7 Å². The minimum absolute atomic E-state index is 0.0124. The molecule has 1 aromatic heterocycles. The van der Waals surface area contributed by atoms with Crippen molar-refractivity contribution < 1.29 is 46.3 Å². The minimum atomic E-state index is -4.67. The number of sulfonamides is 1. The molecule has 4 N–H and O–H groups in total. The van der Waals surface area contributed by atoms with Crippen molar-refractivity contribution in [2.45, 2.75) is 125 Å². The first kappa shape index (κ1) is 43.6. The number of carbonyl (C=O) groups excluding carboxylic acids is 5. The summed E-state index contributed by atoms with van der Waals surface area (Å²) >= 11 is 0. The van der Waals surface area contributed by atoms with E-state index in [2.05, 4.69) is 32.5 Å². The molecule has 5 atom stereocenters. The van der Waals surface area contributed by atoms with E-state index in [0.717, 1.165) is 56.2 Å². The zero-order chi connectivity index (χ0) is 43.5. The van der Waals surface area contributed by atoms with Gasteiger partial charge in [0, 0.05) is 38.5 Å². The summed E-state index contributed by atoms with van der Waals surface area (Å²) in [5, 5.41) is 8.52. The molecule has 0 radical (unpaired) electrons. The Bertz CT molecular complexity index is 2150. The third-order valence-electron chi connectivity index (χ3n) is 12.2. The van der Waals surface area contributed by atoms with Crippen LogP contribution in [0, 0.1) is 11.7 Å². The Labute approximate surface area is 354 Å². The van der Waals surface area contributed by atoms with Gasteiger partial charge in [-0.15, -0.1) is 6.58 Å². The molecule has 1 aromatic carbocycles. The van der Waals surface area contributed by atoms with Gasteiger partial charge in [-0.2, -0.15) is 0 Å². The fourth-order valence-corrected chi connectivity index (χ4v) is 9.99. The maximum atomic E-state index is 14.6. The SMILES string of the molecule is C=C[C@@H]1C[C@@]12NC(=O)[C@@H]1C[C@@H](OC(=O)N3Cc4ncnc(N(C)C)c4C3)CN1C(=O)[C@@H](NC(=O)OC1CCCC1)CCCCCCCNc1ccc(F)cc1S(=O)(=O)NC2=O. The number of nitrogens with zero attached hydrogens (tertiary/aromatic N) is 5. The fraction of sp³-hybridized carbons (Fsp3) is 0.585. The van der Waals surface area contributed by atoms with Crippen LogP contribution in [0.4, 0.5) is 25.5 Å². The summed E-state index contributed by atoms with van der Waals surface area (Å²) in [5.41, 5.74) is -0.255. The highest BCUT2D eigenvalue weighted by molar-refractivity contribution is 7.90. The highest BCUT2D eigenvalue weighted by Crippen LogP contribution is 2.45. The molecular weight excluding hydrogens is 814 g/mol. The second-order valence-electron chi connectivity index (χ2n) is 16.7. The van der Waals surface area contributed by atoms with Crippen LogP contribution < -0.4 is 25.6 Å². The smallest absolute Gasteiger partial charge is 0.410 e. The van der Waals surface area contributed by atoms with E-state index in [0.29, 0.717) is 37.3 Å². The van der Waals surface area contributed by atoms with Gasteiger partial charge in [0.15, 0.2) is 0 Å². The van der Waals surface area contributed by atoms with Gasteiger partial charge < -0.3 is 35.2 Å². The van der Waals surface area contributed by atoms with E-state index >= 15 is 0 Å². The second kappa shape index (κ2) is 18.2. The number of anilines is 2. The lowest BCUT2D eigenvalue weighted by Gasteiger charge is -2.30. The highest BCUT2D eigenvalue weighted by atomic mass is 32.2. The van der Waals surface area contributed by atoms with E-state index in [1.54, 1.807) is 0 Å². The van der Waals surface area contributed by atoms with E-state index in [-0.39, 0.29) is 50.7 Å². The topological polar surface area (TPSA) is 222 Å². The van der Waals surface area contributed by atoms with Crippen LogP contribution in [0.5, 0.6) is 0 Å². The third kappa shape index (κ3) is 9.68. The number of alkyl carbamates (subject to hydrolysis) is 1. The number of carbonyl (C=O) groups is 5. The number of halogens is 1. The lowest BCUT2D eigenvalue weighted by atomic mass is 10.0. The van der Waals surface area contributed by atoms with Gasteiger partial charge in [-0.1, -0.05) is 31.8 Å². The van der Waals surface area contributed by atoms with Gasteiger partial charge in [-0.25, -0.2) is 37.1 Å². The van der Waals surface area contributed by atoms with Crippen LogP contribution in [0.3, 0.4) is 0 Å². The predicted molar refractivity (Wildman–Crippen MR) is 219 cm³/mol. The molecule has 61 heavy (non-hydrogen) atoms. The van der Waals surface area contributed by atoms with Gasteiger partial charge in [0.2, 0.25) is 11.8 Å². The normalized spacial score (nSPS) is 27.1. The van der Waals surface area contributed by atoms with Crippen molar-refractivity contribution >= 4 is 51.4 Å². The van der Waals surface area contributed by atoms with E-state index < -0.39 is 80.3 Å². The molecule has 2 aromatic rings. The molecule has 20 heteroatoms. The maximum Gasteiger partial charge on any atom is 0.410 e. The van der Waals surface area contributed by atoms with Crippen molar-refractivity contribution in [2.24, 2.45) is 5.92 Å². The molecule has 2 aliphatic carbocycles. The average Bonchev–Trinajstić information content (AvgIpc) is 3.62. The third-order valence-corrected chi connectivity index (χ3v) is 13.5. The number of amides is 5. The lowest BCUT2D eigenvalue weighted by Crippen LogP contribution is -2.58. The molecule has 3 fully saturated rings. The molecule has 330 valence electrons. The van der Waals surface area contributed by atoms with Crippen LogP contribution in [0.2, 0.25) is 0 Å². The molecule has 1 saturated heterocycles. The van der Waals surface area contributed by atoms with Gasteiger partial charge in [0.1, 0.15) is 52.7 Å². The molecule has 18 nitrogen and oxygen atoms in total. The summed E-state index contributed by atoms with van der Waals surface area (Å²) in [6.45, 7) is 4.24. The molecule has 4 heterocycles. The molecular formula is C41H54FN9O9S. The largest absolute Gasteiger partial charge is 0.446 e. The fourth-order valence-electron chi connectivity index (χ4n) is 8.76. The highest BCUT2D eigenvalue weighted by Gasteiger charge is 2.61. The molecule has 0 bridgehead atoms. The number of benzene rings is 1. The van der Waals surface area contributed by atoms with Crippen LogP contribution in [-0.2, 0) is 47.0 Å². The van der Waals surface area contributed by atoms with Gasteiger partial charge in [-0.3, -0.25) is 19.3 Å². The van der Waals surface area contributed by atoms with Crippen LogP contribution in [-0.4, -0.2) is 115 Å². The van der Waals surface area contributed by atoms with Gasteiger partial charge >= 0.3 is 12.2 Å². The quantitative estimate of drug-likeness (QED) is 0.317. The zero-order valence-corrected chi connectivity index (χ0v) is 35.3. The first-order valence-electron chi connectivity index (χ1n) is 21.0.